The maximum Gasteiger partial charge on any atom is 0.406 e. The summed E-state index contributed by atoms with van der Waals surface area (Å²) in [4.78, 5) is 55.4. The van der Waals surface area contributed by atoms with E-state index in [4.69, 9.17) is 42.3 Å². The van der Waals surface area contributed by atoms with Crippen molar-refractivity contribution in [3.8, 4) is 12.1 Å². The van der Waals surface area contributed by atoms with Crippen LogP contribution in [0.25, 0.3) is 22.3 Å². The summed E-state index contributed by atoms with van der Waals surface area (Å²) >= 11 is 0. The number of anilines is 2. The lowest BCUT2D eigenvalue weighted by Crippen LogP contribution is -2.59. The van der Waals surface area contributed by atoms with Crippen molar-refractivity contribution in [2.45, 2.75) is 152 Å². The van der Waals surface area contributed by atoms with Gasteiger partial charge in [-0.2, -0.15) is 10.5 Å². The number of hydrogen-bond donors (Lipinski definition) is 4. The van der Waals surface area contributed by atoms with Gasteiger partial charge in [0.2, 0.25) is 0 Å². The Labute approximate surface area is 567 Å². The molecule has 2 aliphatic rings. The molecular formula is C71H83N14O9PSi2. The van der Waals surface area contributed by atoms with Gasteiger partial charge in [0, 0.05) is 17.0 Å². The van der Waals surface area contributed by atoms with E-state index in [1.165, 1.54) is 19.0 Å². The third-order valence-electron chi connectivity index (χ3n) is 19.0. The number of fused-ring (bicyclic) bond motifs is 2. The number of nitriles is 2. The molecule has 4 N–H and O–H groups in total. The minimum atomic E-state index is -4.74. The molecule has 2 aliphatic heterocycles. The van der Waals surface area contributed by atoms with E-state index in [0.29, 0.717) is 22.4 Å². The van der Waals surface area contributed by atoms with E-state index in [2.05, 4.69) is 152 Å². The van der Waals surface area contributed by atoms with Crippen LogP contribution in [-0.4, -0.2) is 117 Å². The second-order valence-electron chi connectivity index (χ2n) is 27.5. The van der Waals surface area contributed by atoms with E-state index in [1.54, 1.807) is 70.9 Å². The Morgan fingerprint density at radius 2 is 1.00 bits per heavy atom. The fraction of sp³-hybridized carbons (Fsp3) is 0.380. The number of rotatable bonds is 25. The first-order valence-corrected chi connectivity index (χ1v) is 39.8. The van der Waals surface area contributed by atoms with Gasteiger partial charge in [-0.15, -0.1) is 0 Å². The minimum Gasteiger partial charge on any atom is -0.408 e. The third kappa shape index (κ3) is 14.8. The van der Waals surface area contributed by atoms with E-state index in [-0.39, 0.29) is 52.2 Å². The number of nitrogens with one attached hydrogen (secondary N) is 4. The first-order valence-electron chi connectivity index (χ1n) is 32.5. The Balaban J connectivity index is 1.05. The molecule has 0 radical (unpaired) electrons. The molecule has 2 fully saturated rings. The summed E-state index contributed by atoms with van der Waals surface area (Å²) in [5.74, 6) is -1.05. The normalized spacial score (nSPS) is 21.0. The van der Waals surface area contributed by atoms with Crippen LogP contribution in [-0.2, 0) is 37.5 Å². The van der Waals surface area contributed by atoms with E-state index >= 15 is 4.57 Å². The van der Waals surface area contributed by atoms with Crippen molar-refractivity contribution in [1.29, 1.82) is 10.5 Å². The van der Waals surface area contributed by atoms with Gasteiger partial charge in [-0.25, -0.2) is 39.6 Å². The fourth-order valence-electron chi connectivity index (χ4n) is 11.8. The van der Waals surface area contributed by atoms with Crippen molar-refractivity contribution >= 4 is 70.2 Å². The molecule has 23 nitrogen and oxygen atoms in total. The number of hydrogen-bond acceptors (Lipinski definition) is 18. The van der Waals surface area contributed by atoms with Gasteiger partial charge in [0.05, 0.1) is 68.2 Å². The van der Waals surface area contributed by atoms with Crippen LogP contribution in [0.1, 0.15) is 111 Å². The van der Waals surface area contributed by atoms with E-state index in [9.17, 15) is 20.1 Å². The Bertz CT molecular complexity index is 4240. The summed E-state index contributed by atoms with van der Waals surface area (Å²) in [6.45, 7) is 22.4. The molecule has 504 valence electrons. The molecule has 4 aromatic heterocycles. The summed E-state index contributed by atoms with van der Waals surface area (Å²) in [5.41, 5.74) is 3.53. The Kier molecular flexibility index (Phi) is 20.8. The Morgan fingerprint density at radius 3 is 1.41 bits per heavy atom. The van der Waals surface area contributed by atoms with Crippen molar-refractivity contribution in [3.63, 3.8) is 0 Å². The third-order valence-corrected chi connectivity index (χ3v) is 29.5. The molecule has 2 unspecified atom stereocenters. The van der Waals surface area contributed by atoms with Crippen LogP contribution in [0.2, 0.25) is 36.3 Å². The molecule has 97 heavy (non-hydrogen) atoms. The Hall–Kier alpha value is -8.54. The van der Waals surface area contributed by atoms with Crippen LogP contribution in [0, 0.1) is 28.6 Å². The molecular weight excluding hydrogens is 1280 g/mol. The lowest BCUT2D eigenvalue weighted by molar-refractivity contribution is -0.0454. The molecule has 0 spiro atoms. The van der Waals surface area contributed by atoms with Crippen LogP contribution in [0.15, 0.2) is 177 Å². The molecule has 0 bridgehead atoms. The predicted molar refractivity (Wildman–Crippen MR) is 374 cm³/mol. The van der Waals surface area contributed by atoms with Crippen molar-refractivity contribution in [1.82, 2.24) is 49.4 Å². The van der Waals surface area contributed by atoms with Crippen LogP contribution < -0.4 is 21.0 Å². The lowest BCUT2D eigenvalue weighted by atomic mass is 9.76. The SMILES string of the molecule is CC(C#N)C[C@@H]1O[C@@H](n2cnc3c(NC(=O)c4ccccc4)ncnc32)[C@H](O[Si](C)(C)C(C)(C)C)[C@@H]1NP(=O)(OCCC#N)OC[C@H]1O[C@@H](n2cnc3c(NC(=O)c4ccccc4)ncnc32)[C@H](O[Si](C)(C)C(C)(C)C)[C@@H]1NC(c1ccccc1)(c1ccccc1)c1ccccc1. The van der Waals surface area contributed by atoms with Gasteiger partial charge in [-0.3, -0.25) is 33.1 Å². The fourth-order valence-corrected chi connectivity index (χ4v) is 16.0. The number of aromatic nitrogens is 8. The zero-order valence-electron chi connectivity index (χ0n) is 56.4. The molecule has 2 saturated heterocycles. The smallest absolute Gasteiger partial charge is 0.406 e. The maximum absolute atomic E-state index is 16.6. The zero-order valence-corrected chi connectivity index (χ0v) is 59.3. The number of imidazole rings is 2. The first kappa shape index (κ1) is 69.8. The Morgan fingerprint density at radius 1 is 0.588 bits per heavy atom. The maximum atomic E-state index is 16.6. The van der Waals surface area contributed by atoms with Crippen LogP contribution in [0.4, 0.5) is 11.6 Å². The van der Waals surface area contributed by atoms with E-state index in [1.807, 2.05) is 66.7 Å². The standard InChI is InChI=1S/C71H83N14O9PSi2/c1-47(41-73)40-53-56(60(94-97(10,11)70(5,6)7)68(91-53)85-46-79-58-62(75-44-77-64(58)85)81-66(87)49-30-19-13-20-31-49)83-95(88,89-39-27-38-72)90-42-54-55(82-71(50-32-21-14-22-33-50,51-34-23-15-24-35-51)52-36-25-16-26-37-52)59(93-96(8,9)69(2,3)4)67(92-54)84-45-78-57-61(74-43-76-63(57)84)80-65(86)48-28-17-12-18-29-48/h12-26,28-37,43-47,53-56,59-60,67-68,82H,27,39-40,42H2,1-11H3,(H,83,88)(H,74,76,80,86)(H,75,77,81,87)/t47?,53-,54+,55+,56+,59+,60+,67+,68+,95?/m0/s1. The summed E-state index contributed by atoms with van der Waals surface area (Å²) < 4.78 is 63.4. The van der Waals surface area contributed by atoms with Gasteiger partial charge in [0.25, 0.3) is 11.8 Å². The van der Waals surface area contributed by atoms with Gasteiger partial charge in [-0.05, 0) is 90.6 Å². The van der Waals surface area contributed by atoms with Gasteiger partial charge >= 0.3 is 7.75 Å². The highest BCUT2D eigenvalue weighted by Gasteiger charge is 2.57. The highest BCUT2D eigenvalue weighted by molar-refractivity contribution is 7.51. The molecule has 5 aromatic carbocycles. The summed E-state index contributed by atoms with van der Waals surface area (Å²) in [7, 11) is -10.5. The monoisotopic (exact) mass is 1360 g/mol. The second-order valence-corrected chi connectivity index (χ2v) is 38.8. The van der Waals surface area contributed by atoms with Crippen LogP contribution >= 0.6 is 7.75 Å². The van der Waals surface area contributed by atoms with E-state index < -0.39 is 103 Å². The number of carbonyl (C=O) groups excluding carboxylic acids is 2. The van der Waals surface area contributed by atoms with Gasteiger partial charge in [0.15, 0.2) is 63.1 Å². The highest BCUT2D eigenvalue weighted by atomic mass is 31.2. The molecule has 10 atom stereocenters. The lowest BCUT2D eigenvalue weighted by Gasteiger charge is -2.44. The minimum absolute atomic E-state index is 0.132. The summed E-state index contributed by atoms with van der Waals surface area (Å²) in [6, 6.07) is 50.5. The zero-order chi connectivity index (χ0) is 68.9. The number of benzene rings is 5. The van der Waals surface area contributed by atoms with Gasteiger partial charge < -0.3 is 29.0 Å². The van der Waals surface area contributed by atoms with Crippen molar-refractivity contribution < 1.29 is 41.5 Å². The average Bonchev–Trinajstić information content (AvgIpc) is 1.59. The topological polar surface area (TPSA) is 289 Å². The quantitative estimate of drug-likeness (QED) is 0.0179. The number of amides is 2. The molecule has 0 aliphatic carbocycles. The van der Waals surface area contributed by atoms with E-state index in [0.717, 1.165) is 16.7 Å². The van der Waals surface area contributed by atoms with Gasteiger partial charge in [0.1, 0.15) is 31.0 Å². The molecule has 0 saturated carbocycles. The number of ether oxygens (including phenoxy) is 2. The van der Waals surface area contributed by atoms with Crippen molar-refractivity contribution in [2.24, 2.45) is 5.92 Å². The second kappa shape index (κ2) is 28.9. The molecule has 6 heterocycles. The van der Waals surface area contributed by atoms with Crippen molar-refractivity contribution in [2.75, 3.05) is 23.8 Å². The van der Waals surface area contributed by atoms with Gasteiger partial charge in [-0.1, -0.05) is 169 Å². The van der Waals surface area contributed by atoms with Crippen LogP contribution in [0.3, 0.4) is 0 Å². The first-order chi connectivity index (χ1) is 46.3. The summed E-state index contributed by atoms with van der Waals surface area (Å²) in [5, 5.41) is 33.2. The number of carbonyl (C=O) groups is 2. The number of nitrogens with zero attached hydrogens (tertiary/aromatic N) is 10. The molecule has 26 heteroatoms. The predicted octanol–water partition coefficient (Wildman–Crippen LogP) is 13.3. The molecule has 2 amide bonds. The average molecular weight is 1360 g/mol. The van der Waals surface area contributed by atoms with Crippen LogP contribution in [0.5, 0.6) is 0 Å². The summed E-state index contributed by atoms with van der Waals surface area (Å²) in [6.07, 6.45) is -0.193. The van der Waals surface area contributed by atoms with Crippen molar-refractivity contribution in [3.05, 3.63) is 205 Å². The highest BCUT2D eigenvalue weighted by Crippen LogP contribution is 2.52. The largest absolute Gasteiger partial charge is 0.408 e. The molecule has 11 rings (SSSR count). The molecule has 9 aromatic rings.